The zero-order chi connectivity index (χ0) is 7.00. The van der Waals surface area contributed by atoms with Crippen LogP contribution >= 0.6 is 12.4 Å². The molecule has 34 valence electrons. The molecule has 3 N–H and O–H groups in total. The van der Waals surface area contributed by atoms with E-state index in [1.165, 1.54) is 0 Å². The van der Waals surface area contributed by atoms with Crippen molar-refractivity contribution in [3.63, 3.8) is 0 Å². The van der Waals surface area contributed by atoms with E-state index in [9.17, 15) is 0 Å². The largest absolute Gasteiger partial charge is 0.395 e. The average molecular weight is 104 g/mol. The molecule has 0 spiro atoms. The van der Waals surface area contributed by atoms with Crippen molar-refractivity contribution >= 4 is 12.4 Å². The Balaban J connectivity index is 0. The van der Waals surface area contributed by atoms with E-state index in [-0.39, 0.29) is 12.4 Å². The molecule has 0 aromatic carbocycles. The van der Waals surface area contributed by atoms with E-state index in [4.69, 9.17) is 10.6 Å². The predicted molar refractivity (Wildman–Crippen MR) is 23.4 cm³/mol. The maximum atomic E-state index is 8.19. The molecule has 0 aromatic rings. The highest BCUT2D eigenvalue weighted by Gasteiger charge is 1.56. The van der Waals surface area contributed by atoms with Crippen LogP contribution in [-0.2, 0) is 0 Å². The van der Waals surface area contributed by atoms with E-state index in [2.05, 4.69) is 5.73 Å². The van der Waals surface area contributed by atoms with E-state index in [1.54, 1.807) is 0 Å². The first-order valence-electron chi connectivity index (χ1n) is 2.76. The Morgan fingerprint density at radius 3 is 2.20 bits per heavy atom. The molecule has 0 aliphatic carbocycles. The van der Waals surface area contributed by atoms with Crippen LogP contribution in [0.4, 0.5) is 0 Å². The number of hydrogen-bond acceptors (Lipinski definition) is 2. The highest BCUT2D eigenvalue weighted by Crippen LogP contribution is 1.33. The maximum absolute atomic E-state index is 8.19. The van der Waals surface area contributed by atoms with E-state index in [0.717, 1.165) is 0 Å². The van der Waals surface area contributed by atoms with Crippen LogP contribution in [0.5, 0.6) is 0 Å². The summed E-state index contributed by atoms with van der Waals surface area (Å²) in [5.41, 5.74) is 4.52. The quantitative estimate of drug-likeness (QED) is 0.434. The molecular weight excluding hydrogens is 91.5 g/mol. The molecule has 0 fully saturated rings. The lowest BCUT2D eigenvalue weighted by Crippen LogP contribution is -2.02. The van der Waals surface area contributed by atoms with Gasteiger partial charge in [-0.05, 0) is 0 Å². The second-order valence-electron chi connectivity index (χ2n) is 0.256. The molecule has 0 heterocycles. The highest BCUT2D eigenvalue weighted by atomic mass is 35.5. The standard InChI is InChI=1S/C2H7NO.ClH/c3-1-2-4;/h4H,1-3H2;1H/i1+1D2,2+1D2;. The molecule has 0 unspecified atom stereocenters. The third-order valence-corrected chi connectivity index (χ3v) is 0.0645. The van der Waals surface area contributed by atoms with Crippen LogP contribution in [0.1, 0.15) is 5.48 Å². The Labute approximate surface area is 43.0 Å². The normalized spacial score (nSPS) is 23.6. The van der Waals surface area contributed by atoms with Gasteiger partial charge in [0.05, 0.1) is 9.30 Å². The minimum Gasteiger partial charge on any atom is -0.395 e. The van der Waals surface area contributed by atoms with Gasteiger partial charge in [-0.1, -0.05) is 0 Å². The molecule has 0 amide bonds. The third kappa shape index (κ3) is 14.0. The number of halogens is 1. The Morgan fingerprint density at radius 1 is 2.00 bits per heavy atom. The number of nitrogens with two attached hydrogens (primary N) is 1. The third-order valence-electron chi connectivity index (χ3n) is 0.0645. The van der Waals surface area contributed by atoms with Gasteiger partial charge in [-0.25, -0.2) is 0 Å². The van der Waals surface area contributed by atoms with Crippen molar-refractivity contribution in [1.29, 1.82) is 0 Å². The van der Waals surface area contributed by atoms with Gasteiger partial charge in [0.15, 0.2) is 0 Å². The molecule has 0 aliphatic heterocycles. The van der Waals surface area contributed by atoms with Gasteiger partial charge in [0, 0.05) is 9.24 Å². The van der Waals surface area contributed by atoms with Gasteiger partial charge in [0.2, 0.25) is 0 Å². The van der Waals surface area contributed by atoms with Crippen molar-refractivity contribution < 1.29 is 10.6 Å². The predicted octanol–water partition coefficient (Wildman–Crippen LogP) is -0.641. The zero-order valence-electron chi connectivity index (χ0n) is 6.43. The second kappa shape index (κ2) is 8.88. The summed E-state index contributed by atoms with van der Waals surface area (Å²) in [7, 11) is 0. The van der Waals surface area contributed by atoms with E-state index in [0.29, 0.717) is 0 Å². The molecule has 0 saturated heterocycles. The average Bonchev–Trinajstić information content (AvgIpc) is 1.25. The fraction of sp³-hybridized carbons (Fsp3) is 1.00. The number of hydrogen-bond donors (Lipinski definition) is 2. The molecule has 2 nitrogen and oxygen atoms in total. The molecule has 0 aliphatic rings. The van der Waals surface area contributed by atoms with Crippen molar-refractivity contribution in [1.82, 2.24) is 0 Å². The molecule has 0 radical (unpaired) electrons. The van der Waals surface area contributed by atoms with E-state index >= 15 is 0 Å². The summed E-state index contributed by atoms with van der Waals surface area (Å²) in [5, 5.41) is 8.19. The summed E-state index contributed by atoms with van der Waals surface area (Å²) in [6.07, 6.45) is 0. The van der Waals surface area contributed by atoms with Crippen molar-refractivity contribution in [3.05, 3.63) is 0 Å². The first-order valence-corrected chi connectivity index (χ1v) is 0.762. The van der Waals surface area contributed by atoms with Crippen LogP contribution < -0.4 is 5.73 Å². The lowest BCUT2D eigenvalue weighted by Gasteiger charge is -1.71. The first-order chi connectivity index (χ1) is 3.25. The van der Waals surface area contributed by atoms with Gasteiger partial charge in [0.1, 0.15) is 0 Å². The summed E-state index contributed by atoms with van der Waals surface area (Å²) in [6, 6.07) is 0. The van der Waals surface area contributed by atoms with E-state index < -0.39 is 13.1 Å². The monoisotopic (exact) mass is 103 g/mol. The zero-order valence-corrected chi connectivity index (χ0v) is 3.25. The number of rotatable bonds is 1. The van der Waals surface area contributed by atoms with Gasteiger partial charge >= 0.3 is 0 Å². The Hall–Kier alpha value is 0.210. The summed E-state index contributed by atoms with van der Waals surface area (Å²) in [4.78, 5) is 0. The molecule has 0 saturated carbocycles. The van der Waals surface area contributed by atoms with Crippen molar-refractivity contribution in [2.45, 2.75) is 0 Å². The Morgan fingerprint density at radius 2 is 2.20 bits per heavy atom. The summed E-state index contributed by atoms with van der Waals surface area (Å²) in [6.45, 7) is -5.62. The molecule has 0 bridgehead atoms. The van der Waals surface area contributed by atoms with E-state index in [1.807, 2.05) is 0 Å². The fourth-order valence-corrected chi connectivity index (χ4v) is 0. The van der Waals surface area contributed by atoms with Crippen LogP contribution in [-0.4, -0.2) is 18.2 Å². The van der Waals surface area contributed by atoms with Crippen LogP contribution in [0.25, 0.3) is 0 Å². The van der Waals surface area contributed by atoms with Gasteiger partial charge in [-0.2, -0.15) is 0 Å². The van der Waals surface area contributed by atoms with Gasteiger partial charge < -0.3 is 10.8 Å². The SMILES string of the molecule is Cl.[2H][13C]([2H])(N)[13C]([2H])([2H])O. The topological polar surface area (TPSA) is 46.2 Å². The lowest BCUT2D eigenvalue weighted by atomic mass is 11.7. The van der Waals surface area contributed by atoms with Gasteiger partial charge in [-0.3, -0.25) is 0 Å². The summed E-state index contributed by atoms with van der Waals surface area (Å²) >= 11 is 0. The molecule has 0 rings (SSSR count). The van der Waals surface area contributed by atoms with Crippen molar-refractivity contribution in [2.24, 2.45) is 5.73 Å². The molecular formula is C2H8ClNO. The van der Waals surface area contributed by atoms with Gasteiger partial charge in [-0.15, -0.1) is 12.4 Å². The van der Waals surface area contributed by atoms with Crippen LogP contribution in [0.3, 0.4) is 0 Å². The minimum absolute atomic E-state index is 0. The van der Waals surface area contributed by atoms with Crippen LogP contribution in [0, 0.1) is 0 Å². The highest BCUT2D eigenvalue weighted by molar-refractivity contribution is 5.85. The van der Waals surface area contributed by atoms with Gasteiger partial charge in [0.25, 0.3) is 0 Å². The van der Waals surface area contributed by atoms with Crippen LogP contribution in [0.15, 0.2) is 0 Å². The van der Waals surface area contributed by atoms with Crippen molar-refractivity contribution in [3.8, 4) is 0 Å². The molecule has 5 heavy (non-hydrogen) atoms. The fourth-order valence-electron chi connectivity index (χ4n) is 0. The Bertz CT molecular complexity index is 73.5. The summed E-state index contributed by atoms with van der Waals surface area (Å²) < 4.78 is 25.4. The van der Waals surface area contributed by atoms with Crippen molar-refractivity contribution in [2.75, 3.05) is 13.1 Å². The molecule has 0 aromatic heterocycles. The minimum atomic E-state index is -2.95. The second-order valence-corrected chi connectivity index (χ2v) is 0.256. The van der Waals surface area contributed by atoms with Crippen LogP contribution in [0.2, 0.25) is 0 Å². The smallest absolute Gasteiger partial charge is 0.0577 e. The Kier molecular flexibility index (Phi) is 3.16. The number of aliphatic hydroxyl groups is 1. The molecule has 0 atom stereocenters. The molecule has 3 heteroatoms. The lowest BCUT2D eigenvalue weighted by molar-refractivity contribution is 0.306. The first kappa shape index (κ1) is 1.78. The summed E-state index contributed by atoms with van der Waals surface area (Å²) in [5.74, 6) is 0. The maximum Gasteiger partial charge on any atom is 0.0577 e.